The minimum Gasteiger partial charge on any atom is -0.450 e. The molecule has 1 aliphatic heterocycles. The number of amides is 2. The van der Waals surface area contributed by atoms with Gasteiger partial charge in [0.25, 0.3) is 5.92 Å². The first-order chi connectivity index (χ1) is 15.4. The molecule has 0 unspecified atom stereocenters. The second-order valence-corrected chi connectivity index (χ2v) is 7.38. The zero-order valence-corrected chi connectivity index (χ0v) is 16.6. The number of nitrogens with one attached hydrogen (secondary N) is 2. The van der Waals surface area contributed by atoms with Gasteiger partial charge in [-0.3, -0.25) is 0 Å². The average molecular weight is 476 g/mol. The van der Waals surface area contributed by atoms with Gasteiger partial charge in [-0.05, 0) is 6.07 Å². The van der Waals surface area contributed by atoms with Crippen molar-refractivity contribution in [3.05, 3.63) is 47.8 Å². The minimum absolute atomic E-state index is 0.198. The summed E-state index contributed by atoms with van der Waals surface area (Å²) < 4.78 is 101. The maximum atomic E-state index is 14.6. The molecule has 1 saturated heterocycles. The summed E-state index contributed by atoms with van der Waals surface area (Å²) in [6.45, 7) is -0.470. The fourth-order valence-corrected chi connectivity index (χ4v) is 3.41. The van der Waals surface area contributed by atoms with Gasteiger partial charge >= 0.3 is 12.2 Å². The molecule has 3 heterocycles. The van der Waals surface area contributed by atoms with E-state index in [-0.39, 0.29) is 24.4 Å². The Hall–Kier alpha value is -3.51. The van der Waals surface area contributed by atoms with Gasteiger partial charge in [-0.1, -0.05) is 0 Å². The van der Waals surface area contributed by atoms with Gasteiger partial charge in [0.2, 0.25) is 0 Å². The Morgan fingerprint density at radius 1 is 1.15 bits per heavy atom. The summed E-state index contributed by atoms with van der Waals surface area (Å²) in [5, 5.41) is 1.70. The highest BCUT2D eigenvalue weighted by molar-refractivity contribution is 5.90. The number of urea groups is 1. The first-order valence-corrected chi connectivity index (χ1v) is 9.58. The Kier molecular flexibility index (Phi) is 5.58. The van der Waals surface area contributed by atoms with Crippen LogP contribution in [-0.2, 0) is 6.18 Å². The lowest BCUT2D eigenvalue weighted by Crippen LogP contribution is -2.44. The molecule has 1 aliphatic rings. The largest absolute Gasteiger partial charge is 0.450 e. The molecule has 6 nitrogen and oxygen atoms in total. The van der Waals surface area contributed by atoms with Crippen LogP contribution in [0, 0.1) is 11.6 Å². The quantitative estimate of drug-likeness (QED) is 0.462. The SMILES string of the molecule is O=C(Nc1cc(F)c(Oc2ccnc3[nH]cc(C(F)(F)F)c23)c(F)c1)N1CCC(F)(F)CC1. The summed E-state index contributed by atoms with van der Waals surface area (Å²) in [5.41, 5.74) is -1.65. The second-order valence-electron chi connectivity index (χ2n) is 7.38. The predicted octanol–water partition coefficient (Wildman–Crippen LogP) is 5.92. The Bertz CT molecular complexity index is 1180. The third kappa shape index (κ3) is 4.66. The fraction of sp³-hybridized carbons (Fsp3) is 0.300. The van der Waals surface area contributed by atoms with Crippen LogP contribution in [0.5, 0.6) is 11.5 Å². The molecule has 2 amide bonds. The van der Waals surface area contributed by atoms with E-state index in [9.17, 15) is 35.5 Å². The van der Waals surface area contributed by atoms with Gasteiger partial charge < -0.3 is 19.9 Å². The summed E-state index contributed by atoms with van der Waals surface area (Å²) >= 11 is 0. The number of carbonyl (C=O) groups is 1. The van der Waals surface area contributed by atoms with Crippen molar-refractivity contribution in [1.29, 1.82) is 0 Å². The number of hydrogen-bond donors (Lipinski definition) is 2. The number of ether oxygens (including phenoxy) is 1. The van der Waals surface area contributed by atoms with E-state index in [4.69, 9.17) is 4.74 Å². The standard InChI is InChI=1S/C20H15F7N4O2/c21-12-7-10(30-18(32)31-5-2-19(23,24)3-6-31)8-13(22)16(12)33-14-1-4-28-17-15(14)11(9-29-17)20(25,26)27/h1,4,7-9H,2-3,5-6H2,(H,28,29)(H,30,32). The maximum Gasteiger partial charge on any atom is 0.418 e. The molecular weight excluding hydrogens is 461 g/mol. The van der Waals surface area contributed by atoms with Gasteiger partial charge in [0.15, 0.2) is 17.4 Å². The Labute approximate surface area is 181 Å². The van der Waals surface area contributed by atoms with Crippen LogP contribution < -0.4 is 10.1 Å². The number of alkyl halides is 5. The lowest BCUT2D eigenvalue weighted by molar-refractivity contribution is -0.136. The minimum atomic E-state index is -4.77. The Balaban J connectivity index is 1.57. The zero-order valence-electron chi connectivity index (χ0n) is 16.6. The highest BCUT2D eigenvalue weighted by Crippen LogP contribution is 2.41. The molecule has 0 atom stereocenters. The molecule has 3 aromatic rings. The number of likely N-dealkylation sites (tertiary alicyclic amines) is 1. The molecule has 0 radical (unpaired) electrons. The molecule has 176 valence electrons. The van der Waals surface area contributed by atoms with Crippen molar-refractivity contribution >= 4 is 22.8 Å². The molecule has 1 fully saturated rings. The van der Waals surface area contributed by atoms with Gasteiger partial charge in [-0.15, -0.1) is 0 Å². The molecule has 0 bridgehead atoms. The van der Waals surface area contributed by atoms with E-state index in [1.165, 1.54) is 0 Å². The third-order valence-corrected chi connectivity index (χ3v) is 5.08. The first kappa shape index (κ1) is 22.7. The molecule has 0 aliphatic carbocycles. The van der Waals surface area contributed by atoms with Crippen LogP contribution in [0.15, 0.2) is 30.6 Å². The highest BCUT2D eigenvalue weighted by Gasteiger charge is 2.36. The van der Waals surface area contributed by atoms with Crippen molar-refractivity contribution < 1.29 is 40.3 Å². The van der Waals surface area contributed by atoms with Gasteiger partial charge in [0.1, 0.15) is 11.4 Å². The monoisotopic (exact) mass is 476 g/mol. The number of aromatic nitrogens is 2. The van der Waals surface area contributed by atoms with E-state index in [0.717, 1.165) is 17.2 Å². The van der Waals surface area contributed by atoms with Crippen LogP contribution in [0.2, 0.25) is 0 Å². The van der Waals surface area contributed by atoms with Gasteiger partial charge in [-0.25, -0.2) is 27.3 Å². The predicted molar refractivity (Wildman–Crippen MR) is 102 cm³/mol. The molecule has 33 heavy (non-hydrogen) atoms. The smallest absolute Gasteiger partial charge is 0.418 e. The zero-order chi connectivity index (χ0) is 24.0. The lowest BCUT2D eigenvalue weighted by Gasteiger charge is -2.31. The summed E-state index contributed by atoms with van der Waals surface area (Å²) in [7, 11) is 0. The number of H-pyrrole nitrogens is 1. The van der Waals surface area contributed by atoms with Crippen molar-refractivity contribution in [3.63, 3.8) is 0 Å². The third-order valence-electron chi connectivity index (χ3n) is 5.08. The molecule has 1 aromatic carbocycles. The number of nitrogens with zero attached hydrogens (tertiary/aromatic N) is 2. The number of fused-ring (bicyclic) bond motifs is 1. The number of rotatable bonds is 3. The second kappa shape index (κ2) is 8.12. The van der Waals surface area contributed by atoms with Crippen LogP contribution in [0.25, 0.3) is 11.0 Å². The molecule has 0 spiro atoms. The number of piperidine rings is 1. The topological polar surface area (TPSA) is 70.2 Å². The number of carbonyl (C=O) groups excluding carboxylic acids is 1. The van der Waals surface area contributed by atoms with Crippen molar-refractivity contribution in [2.45, 2.75) is 24.9 Å². The Morgan fingerprint density at radius 2 is 1.79 bits per heavy atom. The fourth-order valence-electron chi connectivity index (χ4n) is 3.41. The van der Waals surface area contributed by atoms with Crippen molar-refractivity contribution in [3.8, 4) is 11.5 Å². The van der Waals surface area contributed by atoms with E-state index in [1.54, 1.807) is 0 Å². The van der Waals surface area contributed by atoms with Crippen LogP contribution in [0.3, 0.4) is 0 Å². The maximum absolute atomic E-state index is 14.6. The van der Waals surface area contributed by atoms with E-state index >= 15 is 0 Å². The number of anilines is 1. The molecule has 2 N–H and O–H groups in total. The van der Waals surface area contributed by atoms with E-state index in [0.29, 0.717) is 18.3 Å². The molecular formula is C20H15F7N4O2. The molecule has 2 aromatic heterocycles. The molecule has 13 heteroatoms. The summed E-state index contributed by atoms with van der Waals surface area (Å²) in [4.78, 5) is 19.3. The number of aromatic amines is 1. The molecule has 4 rings (SSSR count). The van der Waals surface area contributed by atoms with Crippen molar-refractivity contribution in [2.75, 3.05) is 18.4 Å². The van der Waals surface area contributed by atoms with Gasteiger partial charge in [0, 0.05) is 56.1 Å². The number of halogens is 7. The molecule has 0 saturated carbocycles. The van der Waals surface area contributed by atoms with E-state index < -0.39 is 65.1 Å². The number of hydrogen-bond acceptors (Lipinski definition) is 3. The van der Waals surface area contributed by atoms with Gasteiger partial charge in [-0.2, -0.15) is 13.2 Å². The van der Waals surface area contributed by atoms with Gasteiger partial charge in [0.05, 0.1) is 10.9 Å². The van der Waals surface area contributed by atoms with E-state index in [1.807, 2.05) is 0 Å². The number of benzene rings is 1. The van der Waals surface area contributed by atoms with Crippen LogP contribution >= 0.6 is 0 Å². The Morgan fingerprint density at radius 3 is 2.39 bits per heavy atom. The summed E-state index contributed by atoms with van der Waals surface area (Å²) in [5.74, 6) is -6.96. The van der Waals surface area contributed by atoms with Crippen LogP contribution in [-0.4, -0.2) is 39.9 Å². The van der Waals surface area contributed by atoms with Crippen molar-refractivity contribution in [1.82, 2.24) is 14.9 Å². The van der Waals surface area contributed by atoms with E-state index in [2.05, 4.69) is 15.3 Å². The summed E-state index contributed by atoms with van der Waals surface area (Å²) in [6, 6.07) is 1.60. The van der Waals surface area contributed by atoms with Crippen LogP contribution in [0.1, 0.15) is 18.4 Å². The normalized spacial score (nSPS) is 16.2. The van der Waals surface area contributed by atoms with Crippen molar-refractivity contribution in [2.24, 2.45) is 0 Å². The van der Waals surface area contributed by atoms with Crippen LogP contribution in [0.4, 0.5) is 41.2 Å². The highest BCUT2D eigenvalue weighted by atomic mass is 19.4. The number of pyridine rings is 1. The lowest BCUT2D eigenvalue weighted by atomic mass is 10.1. The first-order valence-electron chi connectivity index (χ1n) is 9.58. The average Bonchev–Trinajstić information content (AvgIpc) is 3.16. The summed E-state index contributed by atoms with van der Waals surface area (Å²) in [6.07, 6.45) is -4.08.